The smallest absolute Gasteiger partial charge is 0.311 e. The van der Waals surface area contributed by atoms with Crippen molar-refractivity contribution in [3.63, 3.8) is 0 Å². The molecule has 0 heterocycles. The molecule has 0 fully saturated rings. The van der Waals surface area contributed by atoms with Gasteiger partial charge in [0, 0.05) is 0 Å². The third-order valence-corrected chi connectivity index (χ3v) is 7.79. The standard InChI is InChI=1S/C31H57NO6/c1-5-6-7-8-9-10-11-12-13-14-15-16-17-18-19-20-21-22-32(23-26(2)29(33)34,24-27(3)30(35)36)25-28(4)31(37)38/h5,26-28H,1,6-25H2,2-4H3,(H2-,33,34,35,36,37,38)/p+1. The zero-order valence-corrected chi connectivity index (χ0v) is 24.7. The number of quaternary nitrogens is 1. The summed E-state index contributed by atoms with van der Waals surface area (Å²) in [6.45, 7) is 10.00. The van der Waals surface area contributed by atoms with Crippen molar-refractivity contribution in [3.8, 4) is 0 Å². The van der Waals surface area contributed by atoms with E-state index < -0.39 is 35.7 Å². The molecule has 0 saturated carbocycles. The van der Waals surface area contributed by atoms with Gasteiger partial charge in [-0.05, 0) is 46.5 Å². The van der Waals surface area contributed by atoms with E-state index in [1.165, 1.54) is 77.0 Å². The second kappa shape index (κ2) is 22.0. The lowest BCUT2D eigenvalue weighted by molar-refractivity contribution is -0.934. The normalized spacial score (nSPS) is 15.3. The summed E-state index contributed by atoms with van der Waals surface area (Å²) in [5.74, 6) is -4.80. The van der Waals surface area contributed by atoms with Crippen molar-refractivity contribution in [1.29, 1.82) is 0 Å². The summed E-state index contributed by atoms with van der Waals surface area (Å²) >= 11 is 0. The van der Waals surface area contributed by atoms with Gasteiger partial charge in [0.2, 0.25) is 0 Å². The molecule has 0 aromatic rings. The van der Waals surface area contributed by atoms with Gasteiger partial charge in [-0.25, -0.2) is 0 Å². The maximum atomic E-state index is 11.6. The third-order valence-electron chi connectivity index (χ3n) is 7.79. The molecule has 0 rings (SSSR count). The van der Waals surface area contributed by atoms with Gasteiger partial charge in [0.05, 0.1) is 26.2 Å². The molecule has 3 atom stereocenters. The molecule has 0 aromatic heterocycles. The number of hydrogen-bond donors (Lipinski definition) is 3. The Balaban J connectivity index is 4.39. The van der Waals surface area contributed by atoms with Crippen molar-refractivity contribution in [2.24, 2.45) is 17.8 Å². The van der Waals surface area contributed by atoms with Crippen LogP contribution >= 0.6 is 0 Å². The van der Waals surface area contributed by atoms with Crippen LogP contribution in [0.5, 0.6) is 0 Å². The predicted octanol–water partition coefficient (Wildman–Crippen LogP) is 7.39. The highest BCUT2D eigenvalue weighted by Gasteiger charge is 2.38. The van der Waals surface area contributed by atoms with Crippen LogP contribution in [0.3, 0.4) is 0 Å². The van der Waals surface area contributed by atoms with Crippen LogP contribution in [0.4, 0.5) is 0 Å². The van der Waals surface area contributed by atoms with E-state index in [2.05, 4.69) is 6.58 Å². The van der Waals surface area contributed by atoms with Gasteiger partial charge in [-0.2, -0.15) is 0 Å². The first-order valence-corrected chi connectivity index (χ1v) is 15.2. The number of carboxylic acids is 3. The minimum atomic E-state index is -0.933. The van der Waals surface area contributed by atoms with Crippen LogP contribution in [-0.4, -0.2) is 63.9 Å². The number of allylic oxidation sites excluding steroid dienone is 1. The zero-order valence-electron chi connectivity index (χ0n) is 24.7. The second-order valence-corrected chi connectivity index (χ2v) is 11.7. The van der Waals surface area contributed by atoms with Gasteiger partial charge < -0.3 is 19.8 Å². The summed E-state index contributed by atoms with van der Waals surface area (Å²) in [6, 6.07) is 0. The SMILES string of the molecule is C=CCCCCCCCCCCCCCCCCC[N+](CC(C)C(=O)O)(CC(C)C(=O)O)CC(C)C(=O)O. The van der Waals surface area contributed by atoms with E-state index in [0.717, 1.165) is 25.7 Å². The van der Waals surface area contributed by atoms with Gasteiger partial charge in [0.1, 0.15) is 17.8 Å². The Morgan fingerprint density at radius 2 is 0.816 bits per heavy atom. The molecule has 222 valence electrons. The first-order chi connectivity index (χ1) is 18.0. The van der Waals surface area contributed by atoms with Gasteiger partial charge in [-0.1, -0.05) is 83.1 Å². The van der Waals surface area contributed by atoms with E-state index >= 15 is 0 Å². The number of hydrogen-bond acceptors (Lipinski definition) is 3. The van der Waals surface area contributed by atoms with Gasteiger partial charge >= 0.3 is 17.9 Å². The Labute approximate surface area is 232 Å². The summed E-state index contributed by atoms with van der Waals surface area (Å²) in [5, 5.41) is 28.5. The quantitative estimate of drug-likeness (QED) is 0.0569. The van der Waals surface area contributed by atoms with Gasteiger partial charge in [0.25, 0.3) is 0 Å². The fraction of sp³-hybridized carbons (Fsp3) is 0.839. The molecule has 0 aliphatic rings. The monoisotopic (exact) mass is 540 g/mol. The Kier molecular flexibility index (Phi) is 20.9. The molecule has 7 heteroatoms. The van der Waals surface area contributed by atoms with Crippen molar-refractivity contribution in [3.05, 3.63) is 12.7 Å². The zero-order chi connectivity index (χ0) is 28.8. The summed E-state index contributed by atoms with van der Waals surface area (Å²) < 4.78 is 0.225. The van der Waals surface area contributed by atoms with E-state index in [9.17, 15) is 29.7 Å². The Morgan fingerprint density at radius 1 is 0.553 bits per heavy atom. The van der Waals surface area contributed by atoms with Crippen LogP contribution in [-0.2, 0) is 14.4 Å². The predicted molar refractivity (Wildman–Crippen MR) is 154 cm³/mol. The van der Waals surface area contributed by atoms with E-state index in [4.69, 9.17) is 0 Å². The van der Waals surface area contributed by atoms with E-state index in [1.807, 2.05) is 6.08 Å². The molecule has 7 nitrogen and oxygen atoms in total. The molecule has 3 unspecified atom stereocenters. The van der Waals surface area contributed by atoms with Crippen LogP contribution in [0.25, 0.3) is 0 Å². The van der Waals surface area contributed by atoms with Crippen LogP contribution in [0, 0.1) is 17.8 Å². The molecule has 0 aliphatic carbocycles. The van der Waals surface area contributed by atoms with Crippen molar-refractivity contribution >= 4 is 17.9 Å². The number of aliphatic carboxylic acids is 3. The molecule has 0 amide bonds. The van der Waals surface area contributed by atoms with Crippen molar-refractivity contribution < 1.29 is 34.2 Å². The van der Waals surface area contributed by atoms with Crippen molar-refractivity contribution in [1.82, 2.24) is 0 Å². The highest BCUT2D eigenvalue weighted by Crippen LogP contribution is 2.22. The number of carbonyl (C=O) groups is 3. The third kappa shape index (κ3) is 18.4. The summed E-state index contributed by atoms with van der Waals surface area (Å²) in [7, 11) is 0. The molecule has 0 bridgehead atoms. The van der Waals surface area contributed by atoms with Crippen LogP contribution in [0.2, 0.25) is 0 Å². The summed E-state index contributed by atoms with van der Waals surface area (Å²) in [6.07, 6.45) is 21.7. The Morgan fingerprint density at radius 3 is 1.08 bits per heavy atom. The maximum absolute atomic E-state index is 11.6. The Bertz CT molecular complexity index is 610. The molecule has 3 N–H and O–H groups in total. The lowest BCUT2D eigenvalue weighted by Crippen LogP contribution is -2.57. The molecule has 0 saturated heterocycles. The molecule has 0 aromatic carbocycles. The lowest BCUT2D eigenvalue weighted by Gasteiger charge is -2.42. The highest BCUT2D eigenvalue weighted by atomic mass is 16.4. The largest absolute Gasteiger partial charge is 0.481 e. The topological polar surface area (TPSA) is 112 Å². The molecule has 38 heavy (non-hydrogen) atoms. The molecule has 0 spiro atoms. The maximum Gasteiger partial charge on any atom is 0.311 e. The first kappa shape index (κ1) is 36.1. The van der Waals surface area contributed by atoms with Gasteiger partial charge in [-0.3, -0.25) is 14.4 Å². The fourth-order valence-corrected chi connectivity index (χ4v) is 5.51. The number of carboxylic acid groups (broad SMARTS) is 3. The van der Waals surface area contributed by atoms with Crippen LogP contribution < -0.4 is 0 Å². The first-order valence-electron chi connectivity index (χ1n) is 15.2. The van der Waals surface area contributed by atoms with Crippen molar-refractivity contribution in [2.75, 3.05) is 26.2 Å². The lowest BCUT2D eigenvalue weighted by atomic mass is 10.00. The molecular formula is C31H58NO6+. The van der Waals surface area contributed by atoms with E-state index in [0.29, 0.717) is 6.54 Å². The van der Waals surface area contributed by atoms with Crippen LogP contribution in [0.15, 0.2) is 12.7 Å². The van der Waals surface area contributed by atoms with Crippen molar-refractivity contribution in [2.45, 2.75) is 124 Å². The minimum Gasteiger partial charge on any atom is -0.481 e. The highest BCUT2D eigenvalue weighted by molar-refractivity contribution is 5.70. The van der Waals surface area contributed by atoms with Crippen LogP contribution in [0.1, 0.15) is 124 Å². The molecular weight excluding hydrogens is 482 g/mol. The van der Waals surface area contributed by atoms with E-state index in [1.54, 1.807) is 20.8 Å². The summed E-state index contributed by atoms with van der Waals surface area (Å²) in [5.41, 5.74) is 0. The van der Waals surface area contributed by atoms with Gasteiger partial charge in [0.15, 0.2) is 0 Å². The van der Waals surface area contributed by atoms with Gasteiger partial charge in [-0.15, -0.1) is 6.58 Å². The average molecular weight is 541 g/mol. The molecule has 0 radical (unpaired) electrons. The van der Waals surface area contributed by atoms with E-state index in [-0.39, 0.29) is 24.1 Å². The summed E-state index contributed by atoms with van der Waals surface area (Å²) in [4.78, 5) is 34.8. The average Bonchev–Trinajstić information content (AvgIpc) is 2.85. The number of nitrogens with zero attached hydrogens (tertiary/aromatic N) is 1. The minimum absolute atomic E-state index is 0.225. The number of unbranched alkanes of at least 4 members (excludes halogenated alkanes) is 15. The fourth-order valence-electron chi connectivity index (χ4n) is 5.51. The number of rotatable bonds is 27. The molecule has 0 aliphatic heterocycles. The Hall–Kier alpha value is -1.89. The second-order valence-electron chi connectivity index (χ2n) is 11.7.